The maximum atomic E-state index is 12.4. The second kappa shape index (κ2) is 6.22. The van der Waals surface area contributed by atoms with Gasteiger partial charge in [0.2, 0.25) is 11.6 Å². The van der Waals surface area contributed by atoms with Crippen molar-refractivity contribution in [1.82, 2.24) is 10.2 Å². The number of amides is 2. The number of carboxylic acid groups (broad SMARTS) is 1. The maximum absolute atomic E-state index is 12.4. The van der Waals surface area contributed by atoms with E-state index in [0.29, 0.717) is 0 Å². The van der Waals surface area contributed by atoms with Gasteiger partial charge in [0.25, 0.3) is 5.91 Å². The van der Waals surface area contributed by atoms with Crippen LogP contribution in [0.4, 0.5) is 0 Å². The van der Waals surface area contributed by atoms with Crippen molar-refractivity contribution in [3.63, 3.8) is 0 Å². The van der Waals surface area contributed by atoms with E-state index >= 15 is 0 Å². The van der Waals surface area contributed by atoms with E-state index < -0.39 is 39.7 Å². The summed E-state index contributed by atoms with van der Waals surface area (Å²) in [6.07, 6.45) is 0. The van der Waals surface area contributed by atoms with Crippen LogP contribution in [0.5, 0.6) is 0 Å². The summed E-state index contributed by atoms with van der Waals surface area (Å²) in [6, 6.07) is 8.25. The van der Waals surface area contributed by atoms with Crippen LogP contribution in [0.2, 0.25) is 0 Å². The SMILES string of the molecule is CC1(C)S[C@H]2N(C(=O)[C@]2(O)NC(=O)CSc2ccccc2)[C@H]1C(=O)O. The Morgan fingerprint density at radius 2 is 1.96 bits per heavy atom. The molecule has 3 rings (SSSR count). The number of aliphatic carboxylic acids is 1. The lowest BCUT2D eigenvalue weighted by molar-refractivity contribution is -0.194. The molecule has 7 nitrogen and oxygen atoms in total. The zero-order valence-corrected chi connectivity index (χ0v) is 15.3. The first-order chi connectivity index (χ1) is 11.7. The number of aliphatic hydroxyl groups is 1. The van der Waals surface area contributed by atoms with Crippen molar-refractivity contribution in [2.24, 2.45) is 0 Å². The first kappa shape index (κ1) is 18.1. The minimum Gasteiger partial charge on any atom is -0.480 e. The zero-order valence-electron chi connectivity index (χ0n) is 13.6. The molecule has 134 valence electrons. The van der Waals surface area contributed by atoms with E-state index in [1.165, 1.54) is 23.5 Å². The van der Waals surface area contributed by atoms with Gasteiger partial charge >= 0.3 is 5.97 Å². The molecule has 2 saturated heterocycles. The number of carbonyl (C=O) groups excluding carboxylic acids is 2. The summed E-state index contributed by atoms with van der Waals surface area (Å²) in [5, 5.41) is 21.5. The summed E-state index contributed by atoms with van der Waals surface area (Å²) in [5.74, 6) is -2.34. The molecule has 0 radical (unpaired) electrons. The van der Waals surface area contributed by atoms with Crippen molar-refractivity contribution in [3.05, 3.63) is 30.3 Å². The highest BCUT2D eigenvalue weighted by molar-refractivity contribution is 8.01. The Kier molecular flexibility index (Phi) is 4.50. The molecule has 2 aliphatic rings. The summed E-state index contributed by atoms with van der Waals surface area (Å²) in [5.41, 5.74) is -2.06. The normalized spacial score (nSPS) is 29.7. The number of hydrogen-bond acceptors (Lipinski definition) is 6. The van der Waals surface area contributed by atoms with Crippen LogP contribution in [0.1, 0.15) is 13.8 Å². The molecule has 2 heterocycles. The lowest BCUT2D eigenvalue weighted by Gasteiger charge is -2.49. The largest absolute Gasteiger partial charge is 0.480 e. The number of fused-ring (bicyclic) bond motifs is 1. The van der Waals surface area contributed by atoms with E-state index in [1.807, 2.05) is 30.3 Å². The predicted molar refractivity (Wildman–Crippen MR) is 94.0 cm³/mol. The van der Waals surface area contributed by atoms with Crippen molar-refractivity contribution >= 4 is 41.3 Å². The summed E-state index contributed by atoms with van der Waals surface area (Å²) in [6.45, 7) is 3.41. The van der Waals surface area contributed by atoms with Crippen molar-refractivity contribution in [2.75, 3.05) is 5.75 Å². The zero-order chi connectivity index (χ0) is 18.4. The number of benzene rings is 1. The van der Waals surface area contributed by atoms with E-state index in [1.54, 1.807) is 13.8 Å². The number of hydrogen-bond donors (Lipinski definition) is 3. The molecule has 2 fully saturated rings. The van der Waals surface area contributed by atoms with Crippen LogP contribution in [-0.4, -0.2) is 60.5 Å². The molecule has 0 bridgehead atoms. The molecule has 2 aliphatic heterocycles. The summed E-state index contributed by atoms with van der Waals surface area (Å²) in [7, 11) is 0. The summed E-state index contributed by atoms with van der Waals surface area (Å²) < 4.78 is -0.764. The van der Waals surface area contributed by atoms with Crippen LogP contribution in [0.3, 0.4) is 0 Å². The second-order valence-corrected chi connectivity index (χ2v) is 9.23. The molecule has 2 amide bonds. The van der Waals surface area contributed by atoms with Crippen LogP contribution in [0, 0.1) is 0 Å². The van der Waals surface area contributed by atoms with Crippen LogP contribution >= 0.6 is 23.5 Å². The highest BCUT2D eigenvalue weighted by Crippen LogP contribution is 2.53. The molecule has 0 spiro atoms. The Balaban J connectivity index is 1.66. The average molecular weight is 382 g/mol. The van der Waals surface area contributed by atoms with Gasteiger partial charge in [0, 0.05) is 9.64 Å². The maximum Gasteiger partial charge on any atom is 0.327 e. The van der Waals surface area contributed by atoms with Gasteiger partial charge in [-0.3, -0.25) is 9.59 Å². The van der Waals surface area contributed by atoms with Crippen LogP contribution in [0.25, 0.3) is 0 Å². The number of rotatable bonds is 5. The van der Waals surface area contributed by atoms with Crippen LogP contribution in [0.15, 0.2) is 35.2 Å². The van der Waals surface area contributed by atoms with E-state index in [4.69, 9.17) is 0 Å². The Bertz CT molecular complexity index is 726. The number of β-lactam (4-membered cyclic amide) rings is 1. The monoisotopic (exact) mass is 382 g/mol. The van der Waals surface area contributed by atoms with E-state index in [9.17, 15) is 24.6 Å². The minimum absolute atomic E-state index is 0.0444. The third kappa shape index (κ3) is 3.00. The second-order valence-electron chi connectivity index (χ2n) is 6.44. The van der Waals surface area contributed by atoms with E-state index in [2.05, 4.69) is 5.32 Å². The molecule has 9 heteroatoms. The molecule has 3 N–H and O–H groups in total. The van der Waals surface area contributed by atoms with Gasteiger partial charge < -0.3 is 20.4 Å². The third-order valence-electron chi connectivity index (χ3n) is 4.20. The fourth-order valence-corrected chi connectivity index (χ4v) is 5.37. The van der Waals surface area contributed by atoms with Gasteiger partial charge in [-0.05, 0) is 26.0 Å². The van der Waals surface area contributed by atoms with Gasteiger partial charge in [0.1, 0.15) is 11.4 Å². The van der Waals surface area contributed by atoms with Crippen molar-refractivity contribution in [3.8, 4) is 0 Å². The number of thioether (sulfide) groups is 2. The van der Waals surface area contributed by atoms with Crippen LogP contribution < -0.4 is 5.32 Å². The van der Waals surface area contributed by atoms with Crippen molar-refractivity contribution in [2.45, 2.75) is 40.6 Å². The molecular formula is C16H18N2O5S2. The molecule has 0 unspecified atom stereocenters. The van der Waals surface area contributed by atoms with Gasteiger partial charge in [-0.15, -0.1) is 23.5 Å². The molecule has 1 aromatic rings. The lowest BCUT2D eigenvalue weighted by Crippen LogP contribution is -2.79. The first-order valence-corrected chi connectivity index (χ1v) is 9.48. The molecule has 3 atom stereocenters. The molecule has 0 saturated carbocycles. The number of carbonyl (C=O) groups is 3. The minimum atomic E-state index is -2.06. The molecule has 0 aromatic heterocycles. The van der Waals surface area contributed by atoms with Gasteiger partial charge in [0.05, 0.1) is 5.75 Å². The number of nitrogens with zero attached hydrogens (tertiary/aromatic N) is 1. The summed E-state index contributed by atoms with van der Waals surface area (Å²) >= 11 is 2.46. The highest BCUT2D eigenvalue weighted by Gasteiger charge is 2.72. The van der Waals surface area contributed by atoms with E-state index in [0.717, 1.165) is 9.80 Å². The standard InChI is InChI=1S/C16H18N2O5S2/c1-15(2)11(12(20)21)18-13(22)16(23,14(18)25-15)17-10(19)8-24-9-6-4-3-5-7-9/h3-7,11,14,23H,8H2,1-2H3,(H,17,19)(H,20,21)/t11-,14+,16+/m0/s1. The van der Waals surface area contributed by atoms with Gasteiger partial charge in [-0.2, -0.15) is 0 Å². The molecule has 25 heavy (non-hydrogen) atoms. The van der Waals surface area contributed by atoms with Gasteiger partial charge in [-0.25, -0.2) is 4.79 Å². The Hall–Kier alpha value is -1.71. The fraction of sp³-hybridized carbons (Fsp3) is 0.438. The van der Waals surface area contributed by atoms with Crippen molar-refractivity contribution in [1.29, 1.82) is 0 Å². The summed E-state index contributed by atoms with van der Waals surface area (Å²) in [4.78, 5) is 38.0. The average Bonchev–Trinajstić information content (AvgIpc) is 2.83. The Morgan fingerprint density at radius 1 is 1.32 bits per heavy atom. The third-order valence-corrected chi connectivity index (χ3v) is 6.83. The van der Waals surface area contributed by atoms with Crippen molar-refractivity contribution < 1.29 is 24.6 Å². The van der Waals surface area contributed by atoms with Gasteiger partial charge in [0.15, 0.2) is 0 Å². The molecule has 0 aliphatic carbocycles. The lowest BCUT2D eigenvalue weighted by atomic mass is 9.93. The van der Waals surface area contributed by atoms with Crippen LogP contribution in [-0.2, 0) is 14.4 Å². The number of nitrogens with one attached hydrogen (secondary N) is 1. The smallest absolute Gasteiger partial charge is 0.327 e. The quantitative estimate of drug-likeness (QED) is 0.391. The Labute approximate surface area is 153 Å². The first-order valence-electron chi connectivity index (χ1n) is 7.61. The predicted octanol–water partition coefficient (Wildman–Crippen LogP) is 0.730. The fourth-order valence-electron chi connectivity index (χ4n) is 3.07. The highest BCUT2D eigenvalue weighted by atomic mass is 32.2. The number of carboxylic acids is 1. The van der Waals surface area contributed by atoms with E-state index in [-0.39, 0.29) is 5.75 Å². The molecule has 1 aromatic carbocycles. The Morgan fingerprint density at radius 3 is 2.56 bits per heavy atom. The van der Waals surface area contributed by atoms with Gasteiger partial charge in [-0.1, -0.05) is 18.2 Å². The topological polar surface area (TPSA) is 107 Å². The molecular weight excluding hydrogens is 364 g/mol.